The molecule has 0 aromatic heterocycles. The minimum absolute atomic E-state index is 0.0498. The first-order valence-corrected chi connectivity index (χ1v) is 15.8. The molecule has 35 heavy (non-hydrogen) atoms. The fourth-order valence-corrected chi connectivity index (χ4v) is 6.01. The Balaban J connectivity index is 4.62. The lowest BCUT2D eigenvalue weighted by atomic mass is 10.1. The number of hydrogen-bond acceptors (Lipinski definition) is 6. The van der Waals surface area contributed by atoms with Crippen molar-refractivity contribution < 1.29 is 33.0 Å². The summed E-state index contributed by atoms with van der Waals surface area (Å²) in [7, 11) is -2.28. The van der Waals surface area contributed by atoms with Crippen LogP contribution in [0.4, 0.5) is 0 Å². The zero-order valence-electron chi connectivity index (χ0n) is 22.8. The van der Waals surface area contributed by atoms with Crippen molar-refractivity contribution in [3.63, 3.8) is 0 Å². The lowest BCUT2D eigenvalue weighted by molar-refractivity contribution is -0.145. The number of hydrogen-bond donors (Lipinski definition) is 1. The molecule has 8 heteroatoms. The third-order valence-corrected chi connectivity index (χ3v) is 8.30. The van der Waals surface area contributed by atoms with Crippen LogP contribution in [0.2, 0.25) is 0 Å². The summed E-state index contributed by atoms with van der Waals surface area (Å²) < 4.78 is 29.8. The predicted octanol–water partition coefficient (Wildman–Crippen LogP) is 8.15. The summed E-state index contributed by atoms with van der Waals surface area (Å²) in [4.78, 5) is 23.2. The van der Waals surface area contributed by atoms with Gasteiger partial charge >= 0.3 is 19.5 Å². The molecule has 0 fully saturated rings. The average Bonchev–Trinajstić information content (AvgIpc) is 2.84. The Morgan fingerprint density at radius 3 is 1.49 bits per heavy atom. The molecule has 0 spiro atoms. The molecule has 0 aliphatic heterocycles. The Hall–Kier alpha value is -0.910. The smallest absolute Gasteiger partial charge is 0.331 e. The van der Waals surface area contributed by atoms with Crippen molar-refractivity contribution in [1.82, 2.24) is 0 Å². The van der Waals surface area contributed by atoms with Crippen LogP contribution in [0.3, 0.4) is 0 Å². The summed E-state index contributed by atoms with van der Waals surface area (Å²) in [5, 5.41) is 9.02. The summed E-state index contributed by atoms with van der Waals surface area (Å²) in [6.07, 6.45) is 18.0. The number of carboxylic acids is 1. The Kier molecular flexibility index (Phi) is 22.9. The van der Waals surface area contributed by atoms with E-state index in [1.807, 2.05) is 0 Å². The van der Waals surface area contributed by atoms with Crippen LogP contribution in [0.15, 0.2) is 0 Å². The van der Waals surface area contributed by atoms with E-state index in [1.54, 1.807) is 0 Å². The first kappa shape index (κ1) is 34.1. The number of ether oxygens (including phenoxy) is 1. The molecule has 0 heterocycles. The van der Waals surface area contributed by atoms with Gasteiger partial charge < -0.3 is 18.9 Å². The zero-order valence-corrected chi connectivity index (χ0v) is 23.7. The lowest BCUT2D eigenvalue weighted by Crippen LogP contribution is -2.22. The van der Waals surface area contributed by atoms with Gasteiger partial charge in [-0.2, -0.15) is 0 Å². The maximum Gasteiger partial charge on any atom is 0.331 e. The van der Waals surface area contributed by atoms with E-state index in [-0.39, 0.29) is 19.0 Å². The second-order valence-electron chi connectivity index (χ2n) is 9.56. The monoisotopic (exact) mass is 520 g/mol. The summed E-state index contributed by atoms with van der Waals surface area (Å²) in [5.74, 6) is -2.40. The van der Waals surface area contributed by atoms with E-state index in [4.69, 9.17) is 18.9 Å². The maximum absolute atomic E-state index is 13.5. The van der Waals surface area contributed by atoms with Gasteiger partial charge in [-0.25, -0.2) is 0 Å². The van der Waals surface area contributed by atoms with Crippen molar-refractivity contribution in [2.24, 2.45) is 5.92 Å². The molecule has 0 aromatic rings. The molecule has 0 aliphatic rings. The van der Waals surface area contributed by atoms with Gasteiger partial charge in [-0.1, -0.05) is 104 Å². The van der Waals surface area contributed by atoms with Gasteiger partial charge in [-0.05, 0) is 19.3 Å². The molecule has 0 amide bonds. The van der Waals surface area contributed by atoms with Crippen molar-refractivity contribution in [3.8, 4) is 0 Å². The highest BCUT2D eigenvalue weighted by molar-refractivity contribution is 7.53. The number of methoxy groups -OCH3 is 1. The number of carbonyl (C=O) groups is 2. The molecule has 1 unspecified atom stereocenters. The standard InChI is InChI=1S/C27H53O7P/c1-4-6-8-10-12-14-16-18-22-33-35(31,24-25(27(30)32-3)20-21-26(28)29)34-23-19-17-15-13-11-9-7-5-2/h25H,4-24H2,1-3H3,(H,28,29). The van der Waals surface area contributed by atoms with Crippen molar-refractivity contribution in [3.05, 3.63) is 0 Å². The molecule has 1 N–H and O–H groups in total. The molecular formula is C27H53O7P. The van der Waals surface area contributed by atoms with Crippen molar-refractivity contribution in [2.75, 3.05) is 26.5 Å². The van der Waals surface area contributed by atoms with E-state index in [2.05, 4.69) is 13.8 Å². The minimum Gasteiger partial charge on any atom is -0.481 e. The molecule has 0 radical (unpaired) electrons. The van der Waals surface area contributed by atoms with Crippen LogP contribution in [0, 0.1) is 5.92 Å². The van der Waals surface area contributed by atoms with E-state index in [1.165, 1.54) is 71.3 Å². The highest BCUT2D eigenvalue weighted by Gasteiger charge is 2.33. The molecular weight excluding hydrogens is 467 g/mol. The fraction of sp³-hybridized carbons (Fsp3) is 0.926. The number of carbonyl (C=O) groups excluding carboxylic acids is 1. The Labute approximate surface area is 214 Å². The maximum atomic E-state index is 13.5. The van der Waals surface area contributed by atoms with E-state index < -0.39 is 25.5 Å². The molecule has 208 valence electrons. The minimum atomic E-state index is -3.54. The first-order valence-electron chi connectivity index (χ1n) is 14.1. The van der Waals surface area contributed by atoms with Gasteiger partial charge in [0.2, 0.25) is 0 Å². The molecule has 0 aliphatic carbocycles. The fourth-order valence-electron chi connectivity index (χ4n) is 4.04. The van der Waals surface area contributed by atoms with Crippen LogP contribution in [0.1, 0.15) is 129 Å². The molecule has 1 atom stereocenters. The molecule has 0 bridgehead atoms. The summed E-state index contributed by atoms with van der Waals surface area (Å²) in [6.45, 7) is 5.05. The number of esters is 1. The second-order valence-corrected chi connectivity index (χ2v) is 11.7. The van der Waals surface area contributed by atoms with Gasteiger partial charge in [0.15, 0.2) is 0 Å². The quantitative estimate of drug-likeness (QED) is 0.0698. The van der Waals surface area contributed by atoms with Gasteiger partial charge in [-0.15, -0.1) is 0 Å². The van der Waals surface area contributed by atoms with E-state index in [9.17, 15) is 14.2 Å². The Morgan fingerprint density at radius 1 is 0.714 bits per heavy atom. The average molecular weight is 521 g/mol. The van der Waals surface area contributed by atoms with Crippen molar-refractivity contribution in [1.29, 1.82) is 0 Å². The van der Waals surface area contributed by atoms with E-state index in [0.717, 1.165) is 38.5 Å². The molecule has 7 nitrogen and oxygen atoms in total. The number of unbranched alkanes of at least 4 members (excludes halogenated alkanes) is 14. The van der Waals surface area contributed by atoms with E-state index in [0.29, 0.717) is 13.2 Å². The second kappa shape index (κ2) is 23.5. The third kappa shape index (κ3) is 20.9. The van der Waals surface area contributed by atoms with Crippen molar-refractivity contribution in [2.45, 2.75) is 129 Å². The van der Waals surface area contributed by atoms with Gasteiger partial charge in [0, 0.05) is 6.42 Å². The summed E-state index contributed by atoms with van der Waals surface area (Å²) >= 11 is 0. The van der Waals surface area contributed by atoms with Gasteiger partial charge in [0.05, 0.1) is 32.4 Å². The summed E-state index contributed by atoms with van der Waals surface area (Å²) in [5.41, 5.74) is 0. The van der Waals surface area contributed by atoms with Crippen LogP contribution in [-0.2, 0) is 27.9 Å². The lowest BCUT2D eigenvalue weighted by Gasteiger charge is -2.22. The molecule has 0 aromatic carbocycles. The third-order valence-electron chi connectivity index (χ3n) is 6.26. The molecule has 0 rings (SSSR count). The van der Waals surface area contributed by atoms with Gasteiger partial charge in [-0.3, -0.25) is 14.2 Å². The topological polar surface area (TPSA) is 99.1 Å². The highest BCUT2D eigenvalue weighted by atomic mass is 31.2. The van der Waals surface area contributed by atoms with E-state index >= 15 is 0 Å². The van der Waals surface area contributed by atoms with Crippen LogP contribution >= 0.6 is 7.60 Å². The molecule has 0 saturated heterocycles. The van der Waals surface area contributed by atoms with Crippen LogP contribution in [0.5, 0.6) is 0 Å². The Bertz CT molecular complexity index is 542. The molecule has 0 saturated carbocycles. The van der Waals surface area contributed by atoms with Crippen LogP contribution in [-0.4, -0.2) is 43.5 Å². The number of rotatable bonds is 26. The van der Waals surface area contributed by atoms with Gasteiger partial charge in [0.1, 0.15) is 0 Å². The van der Waals surface area contributed by atoms with Gasteiger partial charge in [0.25, 0.3) is 0 Å². The predicted molar refractivity (Wildman–Crippen MR) is 142 cm³/mol. The summed E-state index contributed by atoms with van der Waals surface area (Å²) in [6, 6.07) is 0. The largest absolute Gasteiger partial charge is 0.481 e. The first-order chi connectivity index (χ1) is 16.9. The van der Waals surface area contributed by atoms with Crippen LogP contribution in [0.25, 0.3) is 0 Å². The number of aliphatic carboxylic acids is 1. The SMILES string of the molecule is CCCCCCCCCCOP(=O)(CC(CCC(=O)O)C(=O)OC)OCCCCCCCCCC. The normalized spacial score (nSPS) is 12.5. The zero-order chi connectivity index (χ0) is 26.2. The van der Waals surface area contributed by atoms with Crippen molar-refractivity contribution >= 4 is 19.5 Å². The van der Waals surface area contributed by atoms with Crippen LogP contribution < -0.4 is 0 Å². The highest BCUT2D eigenvalue weighted by Crippen LogP contribution is 2.51. The Morgan fingerprint density at radius 2 is 1.11 bits per heavy atom. The number of carboxylic acid groups (broad SMARTS) is 1.